The van der Waals surface area contributed by atoms with Crippen LogP contribution in [0.2, 0.25) is 0 Å². The third-order valence-electron chi connectivity index (χ3n) is 2.61. The fraction of sp³-hybridized carbons (Fsp3) is 0.429. The molecule has 0 atom stereocenters. The van der Waals surface area contributed by atoms with E-state index in [2.05, 4.69) is 5.32 Å². The van der Waals surface area contributed by atoms with E-state index in [4.69, 9.17) is 0 Å². The molecule has 18 heavy (non-hydrogen) atoms. The molecule has 0 radical (unpaired) electrons. The summed E-state index contributed by atoms with van der Waals surface area (Å²) in [5, 5.41) is 2.80. The summed E-state index contributed by atoms with van der Waals surface area (Å²) >= 11 is 0. The van der Waals surface area contributed by atoms with Crippen LogP contribution in [-0.2, 0) is 9.59 Å². The standard InChI is InChI=1S/C14H20N2O2/c1-3-10-16(12(2)17)11-9-14(18)15-13-7-5-4-6-8-13/h4-8H,3,9-11H2,1-2H3,(H,15,18). The van der Waals surface area contributed by atoms with Crippen LogP contribution >= 0.6 is 0 Å². The highest BCUT2D eigenvalue weighted by molar-refractivity contribution is 5.91. The number of carbonyl (C=O) groups excluding carboxylic acids is 2. The predicted molar refractivity (Wildman–Crippen MR) is 72.2 cm³/mol. The minimum absolute atomic E-state index is 0.0179. The maximum Gasteiger partial charge on any atom is 0.226 e. The Bertz CT molecular complexity index is 390. The average Bonchev–Trinajstić information content (AvgIpc) is 2.35. The van der Waals surface area contributed by atoms with Crippen LogP contribution in [0.1, 0.15) is 26.7 Å². The number of amides is 2. The van der Waals surface area contributed by atoms with Crippen LogP contribution in [0.3, 0.4) is 0 Å². The molecular weight excluding hydrogens is 228 g/mol. The van der Waals surface area contributed by atoms with Gasteiger partial charge < -0.3 is 10.2 Å². The lowest BCUT2D eigenvalue weighted by Gasteiger charge is -2.19. The van der Waals surface area contributed by atoms with E-state index in [1.165, 1.54) is 6.92 Å². The van der Waals surface area contributed by atoms with Crippen molar-refractivity contribution in [2.75, 3.05) is 18.4 Å². The second kappa shape index (κ2) is 7.48. The Morgan fingerprint density at radius 3 is 2.39 bits per heavy atom. The molecule has 0 bridgehead atoms. The van der Waals surface area contributed by atoms with Crippen molar-refractivity contribution in [3.05, 3.63) is 30.3 Å². The van der Waals surface area contributed by atoms with Crippen LogP contribution < -0.4 is 5.32 Å². The zero-order valence-electron chi connectivity index (χ0n) is 11.0. The smallest absolute Gasteiger partial charge is 0.226 e. The molecule has 0 aliphatic rings. The SMILES string of the molecule is CCCN(CCC(=O)Nc1ccccc1)C(C)=O. The highest BCUT2D eigenvalue weighted by Crippen LogP contribution is 2.05. The normalized spacial score (nSPS) is 9.89. The maximum absolute atomic E-state index is 11.7. The minimum Gasteiger partial charge on any atom is -0.342 e. The van der Waals surface area contributed by atoms with Gasteiger partial charge in [-0.3, -0.25) is 9.59 Å². The zero-order chi connectivity index (χ0) is 13.4. The summed E-state index contributed by atoms with van der Waals surface area (Å²) in [6, 6.07) is 9.32. The molecule has 4 nitrogen and oxygen atoms in total. The van der Waals surface area contributed by atoms with Crippen LogP contribution in [-0.4, -0.2) is 29.8 Å². The number of nitrogens with one attached hydrogen (secondary N) is 1. The molecule has 0 spiro atoms. The van der Waals surface area contributed by atoms with Gasteiger partial charge in [-0.15, -0.1) is 0 Å². The van der Waals surface area contributed by atoms with Crippen LogP contribution in [0.15, 0.2) is 30.3 Å². The predicted octanol–water partition coefficient (Wildman–Crippen LogP) is 2.27. The lowest BCUT2D eigenvalue weighted by atomic mass is 10.3. The summed E-state index contributed by atoms with van der Waals surface area (Å²) in [6.45, 7) is 4.72. The number of benzene rings is 1. The van der Waals surface area contributed by atoms with Crippen LogP contribution in [0, 0.1) is 0 Å². The van der Waals surface area contributed by atoms with Gasteiger partial charge in [0.15, 0.2) is 0 Å². The average molecular weight is 248 g/mol. The molecule has 0 saturated carbocycles. The monoisotopic (exact) mass is 248 g/mol. The van der Waals surface area contributed by atoms with E-state index in [1.807, 2.05) is 37.3 Å². The number of carbonyl (C=O) groups is 2. The summed E-state index contributed by atoms with van der Waals surface area (Å²) in [4.78, 5) is 24.7. The second-order valence-corrected chi connectivity index (χ2v) is 4.17. The highest BCUT2D eigenvalue weighted by atomic mass is 16.2. The van der Waals surface area contributed by atoms with Gasteiger partial charge in [-0.05, 0) is 18.6 Å². The number of para-hydroxylation sites is 1. The Morgan fingerprint density at radius 2 is 1.83 bits per heavy atom. The molecule has 1 rings (SSSR count). The summed E-state index contributed by atoms with van der Waals surface area (Å²) in [7, 11) is 0. The van der Waals surface area contributed by atoms with Crippen LogP contribution in [0.4, 0.5) is 5.69 Å². The lowest BCUT2D eigenvalue weighted by molar-refractivity contribution is -0.129. The Kier molecular flexibility index (Phi) is 5.91. The highest BCUT2D eigenvalue weighted by Gasteiger charge is 2.10. The lowest BCUT2D eigenvalue weighted by Crippen LogP contribution is -2.32. The van der Waals surface area contributed by atoms with Gasteiger partial charge in [-0.25, -0.2) is 0 Å². The zero-order valence-corrected chi connectivity index (χ0v) is 11.0. The molecule has 0 unspecified atom stereocenters. The molecule has 0 saturated heterocycles. The van der Waals surface area contributed by atoms with Crippen LogP contribution in [0.5, 0.6) is 0 Å². The number of nitrogens with zero attached hydrogens (tertiary/aromatic N) is 1. The first-order valence-electron chi connectivity index (χ1n) is 6.24. The Hall–Kier alpha value is -1.84. The largest absolute Gasteiger partial charge is 0.342 e. The third kappa shape index (κ3) is 4.99. The van der Waals surface area contributed by atoms with Gasteiger partial charge in [0.25, 0.3) is 0 Å². The Morgan fingerprint density at radius 1 is 1.17 bits per heavy atom. The molecule has 1 aromatic rings. The van der Waals surface area contributed by atoms with Crippen molar-refractivity contribution in [1.29, 1.82) is 0 Å². The van der Waals surface area contributed by atoms with Crippen molar-refractivity contribution in [3.63, 3.8) is 0 Å². The third-order valence-corrected chi connectivity index (χ3v) is 2.61. The Labute approximate surface area is 108 Å². The molecule has 2 amide bonds. The molecule has 0 aliphatic carbocycles. The van der Waals surface area contributed by atoms with Gasteiger partial charge in [0.2, 0.25) is 11.8 Å². The molecule has 1 N–H and O–H groups in total. The van der Waals surface area contributed by atoms with E-state index in [9.17, 15) is 9.59 Å². The first-order chi connectivity index (χ1) is 8.63. The number of hydrogen-bond donors (Lipinski definition) is 1. The van der Waals surface area contributed by atoms with Gasteiger partial charge >= 0.3 is 0 Å². The minimum atomic E-state index is -0.0662. The van der Waals surface area contributed by atoms with Gasteiger partial charge in [-0.2, -0.15) is 0 Å². The molecule has 1 aromatic carbocycles. The first kappa shape index (κ1) is 14.2. The van der Waals surface area contributed by atoms with E-state index >= 15 is 0 Å². The Balaban J connectivity index is 2.38. The number of anilines is 1. The van der Waals surface area contributed by atoms with Crippen molar-refractivity contribution >= 4 is 17.5 Å². The van der Waals surface area contributed by atoms with E-state index in [1.54, 1.807) is 4.90 Å². The first-order valence-corrected chi connectivity index (χ1v) is 6.24. The molecule has 0 aliphatic heterocycles. The van der Waals surface area contributed by atoms with Gasteiger partial charge in [0.1, 0.15) is 0 Å². The van der Waals surface area contributed by atoms with Crippen molar-refractivity contribution < 1.29 is 9.59 Å². The maximum atomic E-state index is 11.7. The van der Waals surface area contributed by atoms with Gasteiger partial charge in [-0.1, -0.05) is 25.1 Å². The molecule has 4 heteroatoms. The van der Waals surface area contributed by atoms with E-state index in [0.29, 0.717) is 19.5 Å². The molecule has 0 heterocycles. The fourth-order valence-electron chi connectivity index (χ4n) is 1.68. The van der Waals surface area contributed by atoms with E-state index < -0.39 is 0 Å². The van der Waals surface area contributed by atoms with Crippen LogP contribution in [0.25, 0.3) is 0 Å². The quantitative estimate of drug-likeness (QED) is 0.839. The van der Waals surface area contributed by atoms with Crippen molar-refractivity contribution in [1.82, 2.24) is 4.90 Å². The van der Waals surface area contributed by atoms with E-state index in [0.717, 1.165) is 12.1 Å². The number of hydrogen-bond acceptors (Lipinski definition) is 2. The number of rotatable bonds is 6. The summed E-state index contributed by atoms with van der Waals surface area (Å²) in [6.07, 6.45) is 1.23. The topological polar surface area (TPSA) is 49.4 Å². The summed E-state index contributed by atoms with van der Waals surface area (Å²) in [5.74, 6) is -0.0482. The second-order valence-electron chi connectivity index (χ2n) is 4.17. The molecular formula is C14H20N2O2. The molecule has 0 fully saturated rings. The van der Waals surface area contributed by atoms with Crippen molar-refractivity contribution in [2.24, 2.45) is 0 Å². The summed E-state index contributed by atoms with van der Waals surface area (Å²) < 4.78 is 0. The fourth-order valence-corrected chi connectivity index (χ4v) is 1.68. The van der Waals surface area contributed by atoms with Gasteiger partial charge in [0, 0.05) is 32.1 Å². The summed E-state index contributed by atoms with van der Waals surface area (Å²) in [5.41, 5.74) is 0.785. The van der Waals surface area contributed by atoms with Crippen molar-refractivity contribution in [2.45, 2.75) is 26.7 Å². The van der Waals surface area contributed by atoms with E-state index in [-0.39, 0.29) is 11.8 Å². The van der Waals surface area contributed by atoms with Gasteiger partial charge in [0.05, 0.1) is 0 Å². The molecule has 0 aromatic heterocycles. The molecule has 98 valence electrons. The van der Waals surface area contributed by atoms with Crippen molar-refractivity contribution in [3.8, 4) is 0 Å².